The molecule has 184 valence electrons. The Labute approximate surface area is 199 Å². The number of halogens is 3. The number of nitrogens with zero attached hydrogens (tertiary/aromatic N) is 4. The van der Waals surface area contributed by atoms with Gasteiger partial charge in [0.15, 0.2) is 24.1 Å². The van der Waals surface area contributed by atoms with Gasteiger partial charge in [-0.15, -0.1) is 0 Å². The molecule has 2 heterocycles. The Morgan fingerprint density at radius 2 is 1.89 bits per heavy atom. The number of nitrogens with one attached hydrogen (secondary N) is 1. The third-order valence-electron chi connectivity index (χ3n) is 5.38. The fraction of sp³-hybridized carbons (Fsp3) is 0.217. The van der Waals surface area contributed by atoms with E-state index in [9.17, 15) is 26.7 Å². The van der Waals surface area contributed by atoms with Gasteiger partial charge in [0.1, 0.15) is 11.6 Å². The number of para-hydroxylation sites is 1. The van der Waals surface area contributed by atoms with Gasteiger partial charge >= 0.3 is 0 Å². The van der Waals surface area contributed by atoms with Crippen molar-refractivity contribution in [2.75, 3.05) is 25.2 Å². The van der Waals surface area contributed by atoms with Crippen LogP contribution in [0.25, 0.3) is 16.9 Å². The molecule has 0 unspecified atom stereocenters. The summed E-state index contributed by atoms with van der Waals surface area (Å²) in [6.07, 6.45) is 1.84. The van der Waals surface area contributed by atoms with Gasteiger partial charge in [0.25, 0.3) is 0 Å². The maximum atomic E-state index is 13.6. The monoisotopic (exact) mass is 505 g/mol. The zero-order valence-electron chi connectivity index (χ0n) is 18.6. The number of benzene rings is 2. The molecule has 0 fully saturated rings. The second-order valence-corrected chi connectivity index (χ2v) is 9.70. The Morgan fingerprint density at radius 3 is 2.60 bits per heavy atom. The van der Waals surface area contributed by atoms with E-state index in [4.69, 9.17) is 0 Å². The van der Waals surface area contributed by atoms with E-state index in [1.54, 1.807) is 41.0 Å². The Hall–Kier alpha value is -3.64. The molecule has 2 aromatic heterocycles. The second kappa shape index (κ2) is 9.92. The minimum atomic E-state index is -4.35. The topological polar surface area (TPSA) is 99.8 Å². The SMILES string of the molecule is Cc1cnn2c(NCCCN(CF)S(=O)(=O)c3ccc(F)c(F)c3)cc(-c3ccccc3O)nc12. The molecular formula is C23H22F3N5O3S. The first-order chi connectivity index (χ1) is 16.7. The van der Waals surface area contributed by atoms with Crippen LogP contribution in [0.3, 0.4) is 0 Å². The first kappa shape index (κ1) is 24.5. The fourth-order valence-electron chi connectivity index (χ4n) is 3.53. The summed E-state index contributed by atoms with van der Waals surface area (Å²) in [7, 11) is -4.35. The molecule has 2 aromatic carbocycles. The third kappa shape index (κ3) is 4.93. The summed E-state index contributed by atoms with van der Waals surface area (Å²) in [6.45, 7) is 0.554. The van der Waals surface area contributed by atoms with E-state index >= 15 is 0 Å². The van der Waals surface area contributed by atoms with Crippen LogP contribution >= 0.6 is 0 Å². The molecule has 0 saturated carbocycles. The first-order valence-corrected chi connectivity index (χ1v) is 12.0. The molecule has 0 saturated heterocycles. The number of fused-ring (bicyclic) bond motifs is 1. The van der Waals surface area contributed by atoms with E-state index in [-0.39, 0.29) is 25.3 Å². The number of aromatic hydroxyl groups is 1. The maximum Gasteiger partial charge on any atom is 0.245 e. The van der Waals surface area contributed by atoms with Gasteiger partial charge in [0.05, 0.1) is 16.8 Å². The Morgan fingerprint density at radius 1 is 1.11 bits per heavy atom. The molecule has 2 N–H and O–H groups in total. The zero-order chi connectivity index (χ0) is 25.2. The number of sulfonamides is 1. The van der Waals surface area contributed by atoms with Crippen LogP contribution in [0.2, 0.25) is 0 Å². The lowest BCUT2D eigenvalue weighted by Crippen LogP contribution is -2.32. The summed E-state index contributed by atoms with van der Waals surface area (Å²) >= 11 is 0. The van der Waals surface area contributed by atoms with Crippen LogP contribution in [0.4, 0.5) is 19.0 Å². The number of rotatable bonds is 9. The molecule has 8 nitrogen and oxygen atoms in total. The molecule has 35 heavy (non-hydrogen) atoms. The van der Waals surface area contributed by atoms with Crippen molar-refractivity contribution in [3.8, 4) is 17.0 Å². The number of alkyl halides is 1. The van der Waals surface area contributed by atoms with Gasteiger partial charge in [0.2, 0.25) is 10.0 Å². The molecule has 0 atom stereocenters. The summed E-state index contributed by atoms with van der Waals surface area (Å²) < 4.78 is 67.6. The molecular weight excluding hydrogens is 483 g/mol. The average Bonchev–Trinajstić information content (AvgIpc) is 3.21. The molecule has 0 bridgehead atoms. The molecule has 0 spiro atoms. The molecule has 4 rings (SSSR count). The Balaban J connectivity index is 1.51. The predicted octanol–water partition coefficient (Wildman–Crippen LogP) is 4.11. The van der Waals surface area contributed by atoms with Crippen molar-refractivity contribution < 1.29 is 26.7 Å². The molecule has 0 aliphatic heterocycles. The number of phenols is 1. The van der Waals surface area contributed by atoms with Crippen molar-refractivity contribution >= 4 is 21.5 Å². The number of anilines is 1. The van der Waals surface area contributed by atoms with Crippen molar-refractivity contribution in [3.05, 3.63) is 71.9 Å². The summed E-state index contributed by atoms with van der Waals surface area (Å²) in [5.74, 6) is -1.92. The van der Waals surface area contributed by atoms with Gasteiger partial charge in [-0.25, -0.2) is 26.6 Å². The molecule has 0 aliphatic carbocycles. The van der Waals surface area contributed by atoms with Gasteiger partial charge in [-0.05, 0) is 43.7 Å². The van der Waals surface area contributed by atoms with Crippen LogP contribution in [0.1, 0.15) is 12.0 Å². The van der Waals surface area contributed by atoms with Crippen molar-refractivity contribution in [1.29, 1.82) is 0 Å². The van der Waals surface area contributed by atoms with Crippen molar-refractivity contribution in [2.45, 2.75) is 18.2 Å². The lowest BCUT2D eigenvalue weighted by atomic mass is 10.1. The molecule has 0 radical (unpaired) electrons. The van der Waals surface area contributed by atoms with Crippen LogP contribution in [0, 0.1) is 18.6 Å². The predicted molar refractivity (Wildman–Crippen MR) is 124 cm³/mol. The largest absolute Gasteiger partial charge is 0.507 e. The van der Waals surface area contributed by atoms with Gasteiger partial charge in [-0.2, -0.15) is 13.9 Å². The normalized spacial score (nSPS) is 11.9. The number of hydrogen-bond acceptors (Lipinski definition) is 6. The van der Waals surface area contributed by atoms with Gasteiger partial charge in [0, 0.05) is 30.3 Å². The Bertz CT molecular complexity index is 1480. The summed E-state index contributed by atoms with van der Waals surface area (Å²) in [4.78, 5) is 4.05. The van der Waals surface area contributed by atoms with E-state index in [0.717, 1.165) is 11.6 Å². The van der Waals surface area contributed by atoms with Crippen LogP contribution in [-0.4, -0.2) is 52.3 Å². The minimum absolute atomic E-state index is 0.0634. The summed E-state index contributed by atoms with van der Waals surface area (Å²) in [5, 5.41) is 17.7. The van der Waals surface area contributed by atoms with E-state index in [1.807, 2.05) is 6.92 Å². The standard InChI is InChI=1S/C23H22F3N5O3S/c1-15-13-28-31-22(12-20(29-23(15)31)17-5-2-3-6-21(17)32)27-9-4-10-30(14-24)35(33,34)16-7-8-18(25)19(26)11-16/h2-3,5-8,11-13,27,32H,4,9-10,14H2,1H3. The van der Waals surface area contributed by atoms with Gasteiger partial charge < -0.3 is 10.4 Å². The van der Waals surface area contributed by atoms with Gasteiger partial charge in [-0.3, -0.25) is 0 Å². The van der Waals surface area contributed by atoms with E-state index in [1.165, 1.54) is 0 Å². The lowest BCUT2D eigenvalue weighted by molar-refractivity contribution is 0.288. The van der Waals surface area contributed by atoms with Crippen LogP contribution < -0.4 is 5.32 Å². The van der Waals surface area contributed by atoms with Crippen molar-refractivity contribution in [1.82, 2.24) is 18.9 Å². The first-order valence-electron chi connectivity index (χ1n) is 10.6. The quantitative estimate of drug-likeness (QED) is 0.262. The average molecular weight is 506 g/mol. The number of phenolic OH excluding ortho intramolecular Hbond substituents is 1. The highest BCUT2D eigenvalue weighted by molar-refractivity contribution is 7.89. The second-order valence-electron chi connectivity index (χ2n) is 7.76. The van der Waals surface area contributed by atoms with Crippen LogP contribution in [-0.2, 0) is 10.0 Å². The third-order valence-corrected chi connectivity index (χ3v) is 7.19. The van der Waals surface area contributed by atoms with E-state index < -0.39 is 33.4 Å². The number of hydrogen-bond donors (Lipinski definition) is 2. The number of aryl methyl sites for hydroxylation is 1. The zero-order valence-corrected chi connectivity index (χ0v) is 19.4. The summed E-state index contributed by atoms with van der Waals surface area (Å²) in [5.41, 5.74) is 2.42. The highest BCUT2D eigenvalue weighted by atomic mass is 32.2. The summed E-state index contributed by atoms with van der Waals surface area (Å²) in [6, 6.07) is 10.6. The van der Waals surface area contributed by atoms with E-state index in [2.05, 4.69) is 15.4 Å². The highest BCUT2D eigenvalue weighted by Gasteiger charge is 2.25. The van der Waals surface area contributed by atoms with Crippen molar-refractivity contribution in [2.24, 2.45) is 0 Å². The Kier molecular flexibility index (Phi) is 6.94. The highest BCUT2D eigenvalue weighted by Crippen LogP contribution is 2.30. The van der Waals surface area contributed by atoms with Crippen LogP contribution in [0.15, 0.2) is 59.6 Å². The molecule has 4 aromatic rings. The lowest BCUT2D eigenvalue weighted by Gasteiger charge is -2.19. The van der Waals surface area contributed by atoms with Crippen molar-refractivity contribution in [3.63, 3.8) is 0 Å². The molecule has 0 amide bonds. The molecule has 0 aliphatic rings. The van der Waals surface area contributed by atoms with Gasteiger partial charge in [-0.1, -0.05) is 12.1 Å². The molecule has 12 heteroatoms. The minimum Gasteiger partial charge on any atom is -0.507 e. The fourth-order valence-corrected chi connectivity index (χ4v) is 4.82. The van der Waals surface area contributed by atoms with Crippen LogP contribution in [0.5, 0.6) is 5.75 Å². The maximum absolute atomic E-state index is 13.6. The van der Waals surface area contributed by atoms with E-state index in [0.29, 0.717) is 39.2 Å². The number of aromatic nitrogens is 3. The smallest absolute Gasteiger partial charge is 0.245 e.